The van der Waals surface area contributed by atoms with Gasteiger partial charge in [-0.3, -0.25) is 4.79 Å². The van der Waals surface area contributed by atoms with Crippen molar-refractivity contribution in [2.75, 3.05) is 5.73 Å². The van der Waals surface area contributed by atoms with Gasteiger partial charge in [0.05, 0.1) is 23.1 Å². The number of carbonyl (C=O) groups is 1. The Balaban J connectivity index is 2.54. The normalized spacial score (nSPS) is 10.3. The van der Waals surface area contributed by atoms with Crippen molar-refractivity contribution in [1.82, 2.24) is 9.78 Å². The van der Waals surface area contributed by atoms with Gasteiger partial charge in [0, 0.05) is 6.20 Å². The zero-order valence-corrected chi connectivity index (χ0v) is 8.84. The molecule has 1 aromatic heterocycles. The molecule has 5 nitrogen and oxygen atoms in total. The minimum absolute atomic E-state index is 0.364. The van der Waals surface area contributed by atoms with E-state index >= 15 is 0 Å². The van der Waals surface area contributed by atoms with E-state index in [9.17, 15) is 4.79 Å². The second-order valence-electron chi connectivity index (χ2n) is 3.55. The fraction of sp³-hybridized carbons (Fsp3) is 0.0909. The first-order valence-corrected chi connectivity index (χ1v) is 4.79. The Labute approximate surface area is 92.7 Å². The van der Waals surface area contributed by atoms with Gasteiger partial charge in [0.25, 0.3) is 5.91 Å². The summed E-state index contributed by atoms with van der Waals surface area (Å²) in [6, 6.07) is 5.58. The van der Waals surface area contributed by atoms with E-state index in [0.29, 0.717) is 11.3 Å². The number of primary amides is 1. The first kappa shape index (κ1) is 10.2. The maximum absolute atomic E-state index is 11.0. The molecular formula is C11H12N4O. The fourth-order valence-electron chi connectivity index (χ4n) is 1.57. The Kier molecular flexibility index (Phi) is 2.36. The average molecular weight is 216 g/mol. The van der Waals surface area contributed by atoms with E-state index in [1.165, 1.54) is 6.20 Å². The highest BCUT2D eigenvalue weighted by atomic mass is 16.1. The van der Waals surface area contributed by atoms with Crippen molar-refractivity contribution in [2.24, 2.45) is 5.73 Å². The molecule has 0 fully saturated rings. The number of amides is 1. The van der Waals surface area contributed by atoms with Gasteiger partial charge in [-0.1, -0.05) is 12.1 Å². The number of anilines is 1. The molecule has 0 aliphatic carbocycles. The topological polar surface area (TPSA) is 86.9 Å². The number of para-hydroxylation sites is 1. The molecule has 2 aromatic rings. The summed E-state index contributed by atoms with van der Waals surface area (Å²) in [4.78, 5) is 11.0. The smallest absolute Gasteiger partial charge is 0.251 e. The zero-order chi connectivity index (χ0) is 11.7. The van der Waals surface area contributed by atoms with Crippen molar-refractivity contribution < 1.29 is 4.79 Å². The zero-order valence-electron chi connectivity index (χ0n) is 8.84. The van der Waals surface area contributed by atoms with Crippen LogP contribution in [0.25, 0.3) is 5.69 Å². The van der Waals surface area contributed by atoms with Crippen molar-refractivity contribution in [2.45, 2.75) is 6.92 Å². The standard InChI is InChI=1S/C11H12N4O/c1-7-3-2-4-9(12)10(7)15-6-8(5-14-15)11(13)16/h2-6H,12H2,1H3,(H2,13,16). The van der Waals surface area contributed by atoms with Crippen LogP contribution in [-0.2, 0) is 0 Å². The van der Waals surface area contributed by atoms with Crippen LogP contribution in [0.15, 0.2) is 30.6 Å². The SMILES string of the molecule is Cc1cccc(N)c1-n1cc(C(N)=O)cn1. The summed E-state index contributed by atoms with van der Waals surface area (Å²) in [6.07, 6.45) is 3.00. The highest BCUT2D eigenvalue weighted by Crippen LogP contribution is 2.20. The molecule has 0 spiro atoms. The van der Waals surface area contributed by atoms with E-state index in [1.54, 1.807) is 16.9 Å². The minimum atomic E-state index is -0.501. The lowest BCUT2D eigenvalue weighted by Gasteiger charge is -2.08. The molecule has 0 bridgehead atoms. The van der Waals surface area contributed by atoms with Gasteiger partial charge in [0.2, 0.25) is 0 Å². The van der Waals surface area contributed by atoms with Gasteiger partial charge in [-0.2, -0.15) is 5.10 Å². The summed E-state index contributed by atoms with van der Waals surface area (Å²) in [6.45, 7) is 1.93. The lowest BCUT2D eigenvalue weighted by atomic mass is 10.2. The van der Waals surface area contributed by atoms with Crippen LogP contribution < -0.4 is 11.5 Å². The molecule has 16 heavy (non-hydrogen) atoms. The number of carbonyl (C=O) groups excluding carboxylic acids is 1. The van der Waals surface area contributed by atoms with Gasteiger partial charge in [-0.05, 0) is 18.6 Å². The number of aromatic nitrogens is 2. The van der Waals surface area contributed by atoms with Crippen LogP contribution in [0.4, 0.5) is 5.69 Å². The van der Waals surface area contributed by atoms with Crippen molar-refractivity contribution in [3.05, 3.63) is 41.7 Å². The Bertz CT molecular complexity index is 524. The Morgan fingerprint density at radius 3 is 2.75 bits per heavy atom. The lowest BCUT2D eigenvalue weighted by Crippen LogP contribution is -2.09. The van der Waals surface area contributed by atoms with E-state index in [-0.39, 0.29) is 0 Å². The van der Waals surface area contributed by atoms with Gasteiger partial charge < -0.3 is 11.5 Å². The molecule has 0 aliphatic heterocycles. The highest BCUT2D eigenvalue weighted by molar-refractivity contribution is 5.92. The summed E-state index contributed by atoms with van der Waals surface area (Å²) >= 11 is 0. The van der Waals surface area contributed by atoms with Crippen LogP contribution >= 0.6 is 0 Å². The summed E-state index contributed by atoms with van der Waals surface area (Å²) < 4.78 is 1.56. The molecule has 1 amide bonds. The quantitative estimate of drug-likeness (QED) is 0.730. The predicted octanol–water partition coefficient (Wildman–Crippen LogP) is 0.862. The van der Waals surface area contributed by atoms with Crippen molar-refractivity contribution >= 4 is 11.6 Å². The second kappa shape index (κ2) is 3.69. The molecule has 0 radical (unpaired) electrons. The van der Waals surface area contributed by atoms with E-state index in [4.69, 9.17) is 11.5 Å². The lowest BCUT2D eigenvalue weighted by molar-refractivity contribution is 0.100. The molecule has 2 rings (SSSR count). The summed E-state index contributed by atoms with van der Waals surface area (Å²) in [7, 11) is 0. The number of hydrogen-bond donors (Lipinski definition) is 2. The monoisotopic (exact) mass is 216 g/mol. The summed E-state index contributed by atoms with van der Waals surface area (Å²) in [5, 5.41) is 4.07. The van der Waals surface area contributed by atoms with E-state index in [2.05, 4.69) is 5.10 Å². The minimum Gasteiger partial charge on any atom is -0.397 e. The van der Waals surface area contributed by atoms with Gasteiger partial charge in [0.1, 0.15) is 0 Å². The van der Waals surface area contributed by atoms with Crippen molar-refractivity contribution in [1.29, 1.82) is 0 Å². The molecule has 0 aliphatic rings. The maximum atomic E-state index is 11.0. The number of nitrogens with two attached hydrogens (primary N) is 2. The Morgan fingerprint density at radius 2 is 2.19 bits per heavy atom. The van der Waals surface area contributed by atoms with Crippen LogP contribution in [0.2, 0.25) is 0 Å². The third-order valence-corrected chi connectivity index (χ3v) is 2.37. The second-order valence-corrected chi connectivity index (χ2v) is 3.55. The number of aryl methyl sites for hydroxylation is 1. The molecule has 0 saturated heterocycles. The first-order chi connectivity index (χ1) is 7.59. The van der Waals surface area contributed by atoms with Gasteiger partial charge in [-0.25, -0.2) is 4.68 Å². The molecule has 1 heterocycles. The van der Waals surface area contributed by atoms with Crippen molar-refractivity contribution in [3.63, 3.8) is 0 Å². The van der Waals surface area contributed by atoms with Crippen LogP contribution in [0.1, 0.15) is 15.9 Å². The Hall–Kier alpha value is -2.30. The highest BCUT2D eigenvalue weighted by Gasteiger charge is 2.09. The molecular weight excluding hydrogens is 204 g/mol. The number of nitrogen functional groups attached to an aromatic ring is 1. The van der Waals surface area contributed by atoms with Crippen LogP contribution in [-0.4, -0.2) is 15.7 Å². The molecule has 82 valence electrons. The number of nitrogens with zero attached hydrogens (tertiary/aromatic N) is 2. The van der Waals surface area contributed by atoms with Crippen molar-refractivity contribution in [3.8, 4) is 5.69 Å². The van der Waals surface area contributed by atoms with Crippen LogP contribution in [0, 0.1) is 6.92 Å². The molecule has 5 heteroatoms. The fourth-order valence-corrected chi connectivity index (χ4v) is 1.57. The average Bonchev–Trinajstić information content (AvgIpc) is 2.66. The van der Waals surface area contributed by atoms with Gasteiger partial charge in [0.15, 0.2) is 0 Å². The largest absolute Gasteiger partial charge is 0.397 e. The first-order valence-electron chi connectivity index (χ1n) is 4.79. The molecule has 4 N–H and O–H groups in total. The van der Waals surface area contributed by atoms with E-state index < -0.39 is 5.91 Å². The van der Waals surface area contributed by atoms with Crippen LogP contribution in [0.3, 0.4) is 0 Å². The maximum Gasteiger partial charge on any atom is 0.251 e. The number of hydrogen-bond acceptors (Lipinski definition) is 3. The molecule has 0 unspecified atom stereocenters. The molecule has 0 atom stereocenters. The Morgan fingerprint density at radius 1 is 1.44 bits per heavy atom. The van der Waals surface area contributed by atoms with E-state index in [1.807, 2.05) is 19.1 Å². The molecule has 1 aromatic carbocycles. The number of rotatable bonds is 2. The predicted molar refractivity (Wildman–Crippen MR) is 61.2 cm³/mol. The number of benzene rings is 1. The third-order valence-electron chi connectivity index (χ3n) is 2.37. The van der Waals surface area contributed by atoms with Gasteiger partial charge >= 0.3 is 0 Å². The van der Waals surface area contributed by atoms with Crippen LogP contribution in [0.5, 0.6) is 0 Å². The van der Waals surface area contributed by atoms with Gasteiger partial charge in [-0.15, -0.1) is 0 Å². The summed E-state index contributed by atoms with van der Waals surface area (Å²) in [5.41, 5.74) is 13.8. The molecule has 0 saturated carbocycles. The van der Waals surface area contributed by atoms with E-state index in [0.717, 1.165) is 11.3 Å². The summed E-state index contributed by atoms with van der Waals surface area (Å²) in [5.74, 6) is -0.501. The third kappa shape index (κ3) is 1.63.